The summed E-state index contributed by atoms with van der Waals surface area (Å²) in [4.78, 5) is 31.4. The summed E-state index contributed by atoms with van der Waals surface area (Å²) < 4.78 is 0. The Morgan fingerprint density at radius 1 is 1.15 bits per heavy atom. The fourth-order valence-corrected chi connectivity index (χ4v) is 4.97. The van der Waals surface area contributed by atoms with Crippen molar-refractivity contribution in [2.24, 2.45) is 5.92 Å². The van der Waals surface area contributed by atoms with Crippen LogP contribution in [0.3, 0.4) is 0 Å². The van der Waals surface area contributed by atoms with Gasteiger partial charge < -0.3 is 14.7 Å². The third-order valence-corrected chi connectivity index (χ3v) is 6.39. The van der Waals surface area contributed by atoms with Gasteiger partial charge in [0.25, 0.3) is 5.91 Å². The Morgan fingerprint density at radius 3 is 2.81 bits per heavy atom. The zero-order valence-corrected chi connectivity index (χ0v) is 15.7. The predicted molar refractivity (Wildman–Crippen MR) is 101 cm³/mol. The maximum absolute atomic E-state index is 12.7. The Labute approximate surface area is 155 Å². The van der Waals surface area contributed by atoms with Crippen molar-refractivity contribution in [2.75, 3.05) is 33.2 Å². The van der Waals surface area contributed by atoms with Gasteiger partial charge in [0.1, 0.15) is 6.54 Å². The van der Waals surface area contributed by atoms with Gasteiger partial charge in [-0.15, -0.1) is 0 Å². The molecule has 2 saturated heterocycles. The molecule has 0 aliphatic carbocycles. The molecule has 1 aromatic rings. The van der Waals surface area contributed by atoms with E-state index in [1.807, 2.05) is 36.2 Å². The highest BCUT2D eigenvalue weighted by atomic mass is 16.2. The van der Waals surface area contributed by atoms with E-state index in [2.05, 4.69) is 4.90 Å². The molecule has 2 fully saturated rings. The molecule has 26 heavy (non-hydrogen) atoms. The number of nitrogens with zero attached hydrogens (tertiary/aromatic N) is 3. The monoisotopic (exact) mass is 355 g/mol. The Hall–Kier alpha value is -1.88. The SMILES string of the molecule is CN(C[C@@H]1CCCN2CCCC[C@@H]12)C(=O)CN1Cc2ccccc2C1=O. The average molecular weight is 355 g/mol. The van der Waals surface area contributed by atoms with Crippen molar-refractivity contribution in [1.29, 1.82) is 0 Å². The lowest BCUT2D eigenvalue weighted by Crippen LogP contribution is -2.51. The van der Waals surface area contributed by atoms with E-state index in [9.17, 15) is 9.59 Å². The van der Waals surface area contributed by atoms with Crippen molar-refractivity contribution in [3.63, 3.8) is 0 Å². The highest BCUT2D eigenvalue weighted by Crippen LogP contribution is 2.31. The van der Waals surface area contributed by atoms with Crippen molar-refractivity contribution in [3.8, 4) is 0 Å². The molecule has 2 atom stereocenters. The van der Waals surface area contributed by atoms with Crippen LogP contribution in [0.2, 0.25) is 0 Å². The molecule has 5 nitrogen and oxygen atoms in total. The molecule has 0 spiro atoms. The number of amides is 2. The summed E-state index contributed by atoms with van der Waals surface area (Å²) in [7, 11) is 1.90. The van der Waals surface area contributed by atoms with Gasteiger partial charge in [0, 0.05) is 31.7 Å². The molecule has 1 aromatic carbocycles. The van der Waals surface area contributed by atoms with Gasteiger partial charge in [-0.25, -0.2) is 0 Å². The lowest BCUT2D eigenvalue weighted by molar-refractivity contribution is -0.131. The van der Waals surface area contributed by atoms with Crippen molar-refractivity contribution >= 4 is 11.8 Å². The molecule has 4 rings (SSSR count). The largest absolute Gasteiger partial charge is 0.344 e. The summed E-state index contributed by atoms with van der Waals surface area (Å²) in [5.74, 6) is 0.613. The van der Waals surface area contributed by atoms with Crippen LogP contribution in [0.1, 0.15) is 48.0 Å². The summed E-state index contributed by atoms with van der Waals surface area (Å²) in [5, 5.41) is 0. The number of benzene rings is 1. The fraction of sp³-hybridized carbons (Fsp3) is 0.619. The third-order valence-electron chi connectivity index (χ3n) is 6.39. The minimum atomic E-state index is -0.0153. The van der Waals surface area contributed by atoms with Crippen LogP contribution in [0.25, 0.3) is 0 Å². The third kappa shape index (κ3) is 3.37. The van der Waals surface area contributed by atoms with Gasteiger partial charge in [-0.1, -0.05) is 24.6 Å². The van der Waals surface area contributed by atoms with Gasteiger partial charge >= 0.3 is 0 Å². The summed E-state index contributed by atoms with van der Waals surface area (Å²) in [5.41, 5.74) is 1.77. The van der Waals surface area contributed by atoms with Crippen LogP contribution in [0, 0.1) is 5.92 Å². The highest BCUT2D eigenvalue weighted by Gasteiger charge is 2.35. The predicted octanol–water partition coefficient (Wildman–Crippen LogP) is 2.37. The van der Waals surface area contributed by atoms with Gasteiger partial charge in [-0.05, 0) is 56.3 Å². The topological polar surface area (TPSA) is 43.9 Å². The van der Waals surface area contributed by atoms with Crippen LogP contribution in [-0.4, -0.2) is 65.8 Å². The smallest absolute Gasteiger partial charge is 0.254 e. The molecule has 0 aromatic heterocycles. The van der Waals surface area contributed by atoms with Gasteiger partial charge in [-0.2, -0.15) is 0 Å². The highest BCUT2D eigenvalue weighted by molar-refractivity contribution is 6.00. The van der Waals surface area contributed by atoms with Gasteiger partial charge in [0.15, 0.2) is 0 Å². The quantitative estimate of drug-likeness (QED) is 0.833. The minimum absolute atomic E-state index is 0.0153. The molecular formula is C21H29N3O2. The molecule has 3 heterocycles. The van der Waals surface area contributed by atoms with E-state index in [0.717, 1.165) is 17.7 Å². The molecular weight excluding hydrogens is 326 g/mol. The Balaban J connectivity index is 1.34. The first-order valence-electron chi connectivity index (χ1n) is 9.98. The van der Waals surface area contributed by atoms with E-state index in [4.69, 9.17) is 0 Å². The maximum Gasteiger partial charge on any atom is 0.254 e. The maximum atomic E-state index is 12.7. The number of carbonyl (C=O) groups is 2. The van der Waals surface area contributed by atoms with Gasteiger partial charge in [0.05, 0.1) is 0 Å². The molecule has 0 radical (unpaired) electrons. The van der Waals surface area contributed by atoms with Crippen molar-refractivity contribution in [2.45, 2.75) is 44.7 Å². The van der Waals surface area contributed by atoms with Crippen molar-refractivity contribution in [1.82, 2.24) is 14.7 Å². The van der Waals surface area contributed by atoms with E-state index >= 15 is 0 Å². The minimum Gasteiger partial charge on any atom is -0.344 e. The van der Waals surface area contributed by atoms with Crippen LogP contribution in [-0.2, 0) is 11.3 Å². The van der Waals surface area contributed by atoms with Crippen molar-refractivity contribution < 1.29 is 9.59 Å². The molecule has 0 N–H and O–H groups in total. The molecule has 2 amide bonds. The summed E-state index contributed by atoms with van der Waals surface area (Å²) in [6.45, 7) is 3.99. The Kier molecular flexibility index (Phi) is 4.98. The number of rotatable bonds is 4. The van der Waals surface area contributed by atoms with Crippen molar-refractivity contribution in [3.05, 3.63) is 35.4 Å². The van der Waals surface area contributed by atoms with Crippen LogP contribution in [0.15, 0.2) is 24.3 Å². The van der Waals surface area contributed by atoms with Gasteiger partial charge in [-0.3, -0.25) is 9.59 Å². The number of carbonyl (C=O) groups excluding carboxylic acids is 2. The second kappa shape index (κ2) is 7.39. The molecule has 0 bridgehead atoms. The normalized spacial score (nSPS) is 25.7. The van der Waals surface area contributed by atoms with E-state index in [1.54, 1.807) is 4.90 Å². The first-order valence-corrected chi connectivity index (χ1v) is 9.98. The van der Waals surface area contributed by atoms with Crippen LogP contribution in [0.5, 0.6) is 0 Å². The van der Waals surface area contributed by atoms with E-state index < -0.39 is 0 Å². The molecule has 3 aliphatic heterocycles. The van der Waals surface area contributed by atoms with Gasteiger partial charge in [0.2, 0.25) is 5.91 Å². The number of hydrogen-bond donors (Lipinski definition) is 0. The summed E-state index contributed by atoms with van der Waals surface area (Å²) >= 11 is 0. The van der Waals surface area contributed by atoms with Crippen LogP contribution in [0.4, 0.5) is 0 Å². The second-order valence-electron chi connectivity index (χ2n) is 8.09. The first kappa shape index (κ1) is 17.5. The number of likely N-dealkylation sites (N-methyl/N-ethyl adjacent to an activating group) is 1. The molecule has 3 aliphatic rings. The lowest BCUT2D eigenvalue weighted by atomic mass is 9.83. The van der Waals surface area contributed by atoms with E-state index in [-0.39, 0.29) is 18.4 Å². The molecule has 0 unspecified atom stereocenters. The Morgan fingerprint density at radius 2 is 1.96 bits per heavy atom. The number of hydrogen-bond acceptors (Lipinski definition) is 3. The molecule has 0 saturated carbocycles. The first-order chi connectivity index (χ1) is 12.6. The van der Waals surface area contributed by atoms with E-state index in [1.165, 1.54) is 45.2 Å². The summed E-state index contributed by atoms with van der Waals surface area (Å²) in [6.07, 6.45) is 6.36. The lowest BCUT2D eigenvalue weighted by Gasteiger charge is -2.45. The number of fused-ring (bicyclic) bond motifs is 2. The fourth-order valence-electron chi connectivity index (χ4n) is 4.97. The van der Waals surface area contributed by atoms with E-state index in [0.29, 0.717) is 18.5 Å². The molecule has 5 heteroatoms. The summed E-state index contributed by atoms with van der Waals surface area (Å²) in [6, 6.07) is 8.30. The van der Waals surface area contributed by atoms with Crippen LogP contribution < -0.4 is 0 Å². The standard InChI is InChI=1S/C21H29N3O2/c1-22(13-17-8-6-12-23-11-5-4-10-19(17)23)20(25)15-24-14-16-7-2-3-9-18(16)21(24)26/h2-3,7,9,17,19H,4-6,8,10-15H2,1H3/t17-,19-/m0/s1. The zero-order chi connectivity index (χ0) is 18.1. The zero-order valence-electron chi connectivity index (χ0n) is 15.7. The average Bonchev–Trinajstić information content (AvgIpc) is 2.98. The second-order valence-corrected chi connectivity index (χ2v) is 8.09. The number of piperidine rings is 2. The Bertz CT molecular complexity index is 688. The van der Waals surface area contributed by atoms with Crippen LogP contribution >= 0.6 is 0 Å². The molecule has 140 valence electrons.